The molecule has 3 rings (SSSR count). The van der Waals surface area contributed by atoms with Gasteiger partial charge in [-0.05, 0) is 11.6 Å². The molecule has 2 aromatic rings. The highest BCUT2D eigenvalue weighted by Gasteiger charge is 2.16. The number of fused-ring (bicyclic) bond motifs is 2. The highest BCUT2D eigenvalue weighted by Crippen LogP contribution is 2.30. The molecule has 0 saturated heterocycles. The van der Waals surface area contributed by atoms with Gasteiger partial charge in [-0.15, -0.1) is 0 Å². The summed E-state index contributed by atoms with van der Waals surface area (Å²) >= 11 is 0. The lowest BCUT2D eigenvalue weighted by Gasteiger charge is -2.22. The van der Waals surface area contributed by atoms with Gasteiger partial charge in [0.2, 0.25) is 0 Å². The van der Waals surface area contributed by atoms with Crippen LogP contribution < -0.4 is 16.4 Å². The molecule has 22 heavy (non-hydrogen) atoms. The lowest BCUT2D eigenvalue weighted by atomic mass is 9.97. The van der Waals surface area contributed by atoms with Crippen LogP contribution in [0.25, 0.3) is 11.4 Å². The van der Waals surface area contributed by atoms with Crippen molar-refractivity contribution in [3.05, 3.63) is 65.2 Å². The Kier molecular flexibility index (Phi) is 5.48. The molecule has 1 aliphatic heterocycles. The second kappa shape index (κ2) is 7.55. The van der Waals surface area contributed by atoms with Gasteiger partial charge in [0, 0.05) is 30.4 Å². The Bertz CT molecular complexity index is 659. The van der Waals surface area contributed by atoms with Crippen molar-refractivity contribution in [1.29, 1.82) is 0 Å². The second-order valence-electron chi connectivity index (χ2n) is 5.30. The van der Waals surface area contributed by atoms with E-state index in [2.05, 4.69) is 48.7 Å². The summed E-state index contributed by atoms with van der Waals surface area (Å²) in [6, 6.07) is 16.4. The molecule has 0 aliphatic carbocycles. The van der Waals surface area contributed by atoms with E-state index >= 15 is 0 Å². The molecular formula is C19H25N3. The number of rotatable bonds is 1. The third kappa shape index (κ3) is 3.25. The Morgan fingerprint density at radius 2 is 1.59 bits per heavy atom. The number of hydrogen-bond acceptors (Lipinski definition) is 3. The molecule has 3 nitrogen and oxygen atoms in total. The third-order valence-corrected chi connectivity index (χ3v) is 3.49. The van der Waals surface area contributed by atoms with Crippen LogP contribution >= 0.6 is 0 Å². The van der Waals surface area contributed by atoms with Gasteiger partial charge in [0.25, 0.3) is 0 Å². The summed E-state index contributed by atoms with van der Waals surface area (Å²) in [5.41, 5.74) is 12.6. The zero-order valence-corrected chi connectivity index (χ0v) is 13.6. The smallest absolute Gasteiger partial charge is 0.0655 e. The minimum Gasteiger partial charge on any atom is -0.396 e. The highest BCUT2D eigenvalue weighted by atomic mass is 14.9. The predicted octanol–water partition coefficient (Wildman–Crippen LogP) is 4.03. The highest BCUT2D eigenvalue weighted by molar-refractivity contribution is 5.93. The van der Waals surface area contributed by atoms with E-state index in [9.17, 15) is 0 Å². The summed E-state index contributed by atoms with van der Waals surface area (Å²) in [5, 5.41) is 6.70. The number of nitrogens with one attached hydrogen (secondary N) is 2. The molecular weight excluding hydrogens is 270 g/mol. The van der Waals surface area contributed by atoms with Gasteiger partial charge < -0.3 is 16.4 Å². The van der Waals surface area contributed by atoms with Gasteiger partial charge in [0.15, 0.2) is 0 Å². The largest absolute Gasteiger partial charge is 0.396 e. The van der Waals surface area contributed by atoms with Crippen molar-refractivity contribution >= 4 is 17.1 Å². The van der Waals surface area contributed by atoms with Gasteiger partial charge in [-0.2, -0.15) is 0 Å². The molecule has 3 heteroatoms. The Hall–Kier alpha value is -2.42. The van der Waals surface area contributed by atoms with Crippen molar-refractivity contribution in [2.75, 3.05) is 12.4 Å². The van der Waals surface area contributed by atoms with Crippen LogP contribution in [0.1, 0.15) is 37.0 Å². The van der Waals surface area contributed by atoms with Gasteiger partial charge in [-0.25, -0.2) is 0 Å². The van der Waals surface area contributed by atoms with Crippen LogP contribution in [0.5, 0.6) is 0 Å². The Labute approximate surface area is 133 Å². The van der Waals surface area contributed by atoms with Crippen LogP contribution in [0.2, 0.25) is 0 Å². The summed E-state index contributed by atoms with van der Waals surface area (Å²) in [5.74, 6) is 0. The first kappa shape index (κ1) is 16.0. The van der Waals surface area contributed by atoms with Crippen molar-refractivity contribution in [2.45, 2.75) is 26.8 Å². The van der Waals surface area contributed by atoms with E-state index in [1.54, 1.807) is 0 Å². The van der Waals surface area contributed by atoms with Crippen molar-refractivity contribution in [3.63, 3.8) is 0 Å². The maximum atomic E-state index is 6.36. The zero-order valence-electron chi connectivity index (χ0n) is 13.6. The van der Waals surface area contributed by atoms with Crippen LogP contribution in [0.15, 0.2) is 48.5 Å². The molecule has 116 valence electrons. The first-order valence-corrected chi connectivity index (χ1v) is 7.81. The van der Waals surface area contributed by atoms with E-state index < -0.39 is 0 Å². The maximum absolute atomic E-state index is 6.36. The van der Waals surface area contributed by atoms with Gasteiger partial charge in [0.1, 0.15) is 0 Å². The van der Waals surface area contributed by atoms with Crippen LogP contribution in [0.4, 0.5) is 5.69 Å². The summed E-state index contributed by atoms with van der Waals surface area (Å²) in [6.45, 7) is 5.05. The topological polar surface area (TPSA) is 50.1 Å². The van der Waals surface area contributed by atoms with Crippen molar-refractivity contribution in [3.8, 4) is 0 Å². The average Bonchev–Trinajstić information content (AvgIpc) is 2.54. The summed E-state index contributed by atoms with van der Waals surface area (Å²) < 4.78 is 0. The first-order valence-electron chi connectivity index (χ1n) is 7.81. The van der Waals surface area contributed by atoms with Crippen LogP contribution in [-0.4, -0.2) is 7.05 Å². The third-order valence-electron chi connectivity index (χ3n) is 3.49. The second-order valence-corrected chi connectivity index (χ2v) is 5.30. The Balaban J connectivity index is 0.000000545. The zero-order chi connectivity index (χ0) is 15.9. The molecule has 0 saturated carbocycles. The molecule has 0 atom stereocenters. The number of hydrogen-bond donors (Lipinski definition) is 3. The minimum atomic E-state index is 0.776. The molecule has 0 bridgehead atoms. The molecule has 0 spiro atoms. The fraction of sp³-hybridized carbons (Fsp3) is 0.263. The molecule has 1 heterocycles. The normalized spacial score (nSPS) is 16.0. The van der Waals surface area contributed by atoms with Gasteiger partial charge in [0.05, 0.1) is 11.4 Å². The average molecular weight is 295 g/mol. The molecule has 0 radical (unpaired) electrons. The molecule has 0 amide bonds. The van der Waals surface area contributed by atoms with Crippen molar-refractivity contribution in [2.24, 2.45) is 5.73 Å². The van der Waals surface area contributed by atoms with Gasteiger partial charge >= 0.3 is 0 Å². The lowest BCUT2D eigenvalue weighted by Crippen LogP contribution is -2.18. The number of nitrogens with two attached hydrogens (primary N) is 1. The van der Waals surface area contributed by atoms with E-state index in [1.165, 1.54) is 12.0 Å². The minimum absolute atomic E-state index is 0.776. The standard InChI is InChI=1S/C16H17N3.C3H8/c1-18-16-12-7-3-2-6-11(12)10-19-14-9-5-4-8-13(14)15(16)17;1-3-2/h2-9,18-19H,10,17H2,1H3;3H2,1-2H3/b16-15-;. The van der Waals surface area contributed by atoms with Crippen LogP contribution in [0.3, 0.4) is 0 Å². The monoisotopic (exact) mass is 295 g/mol. The van der Waals surface area contributed by atoms with E-state index in [0.717, 1.165) is 34.8 Å². The van der Waals surface area contributed by atoms with E-state index in [1.807, 2.05) is 31.3 Å². The first-order chi connectivity index (χ1) is 10.7. The van der Waals surface area contributed by atoms with Crippen molar-refractivity contribution in [1.82, 2.24) is 5.32 Å². The lowest BCUT2D eigenvalue weighted by molar-refractivity contribution is 1.07. The van der Waals surface area contributed by atoms with E-state index in [-0.39, 0.29) is 0 Å². The summed E-state index contributed by atoms with van der Waals surface area (Å²) in [4.78, 5) is 0. The van der Waals surface area contributed by atoms with E-state index in [4.69, 9.17) is 5.73 Å². The van der Waals surface area contributed by atoms with Crippen LogP contribution in [0, 0.1) is 0 Å². The SMILES string of the molecule is CCC.CN/C1=C(\N)c2ccccc2NCc2ccccc21. The Morgan fingerprint density at radius 1 is 1.00 bits per heavy atom. The number of para-hydroxylation sites is 1. The number of anilines is 1. The number of benzene rings is 2. The maximum Gasteiger partial charge on any atom is 0.0655 e. The van der Waals surface area contributed by atoms with Gasteiger partial charge in [-0.3, -0.25) is 0 Å². The molecule has 2 aromatic carbocycles. The molecule has 0 fully saturated rings. The van der Waals surface area contributed by atoms with Crippen molar-refractivity contribution < 1.29 is 0 Å². The fourth-order valence-corrected chi connectivity index (χ4v) is 2.53. The van der Waals surface area contributed by atoms with E-state index in [0.29, 0.717) is 0 Å². The Morgan fingerprint density at radius 3 is 2.27 bits per heavy atom. The molecule has 1 aliphatic rings. The predicted molar refractivity (Wildman–Crippen MR) is 96.2 cm³/mol. The fourth-order valence-electron chi connectivity index (χ4n) is 2.53. The van der Waals surface area contributed by atoms with Crippen LogP contribution in [-0.2, 0) is 6.54 Å². The molecule has 0 aromatic heterocycles. The molecule has 0 unspecified atom stereocenters. The summed E-state index contributed by atoms with van der Waals surface area (Å²) in [7, 11) is 1.91. The molecule has 4 N–H and O–H groups in total. The summed E-state index contributed by atoms with van der Waals surface area (Å²) in [6.07, 6.45) is 1.25. The van der Waals surface area contributed by atoms with Gasteiger partial charge in [-0.1, -0.05) is 62.7 Å². The quantitative estimate of drug-likeness (QED) is 0.744.